The van der Waals surface area contributed by atoms with Crippen molar-refractivity contribution in [1.82, 2.24) is 0 Å². The van der Waals surface area contributed by atoms with Gasteiger partial charge in [0.25, 0.3) is 0 Å². The van der Waals surface area contributed by atoms with Gasteiger partial charge in [0.1, 0.15) is 0 Å². The zero-order valence-corrected chi connectivity index (χ0v) is 12.7. The normalized spacial score (nSPS) is 15.2. The molecular formula is C15H25O3P. The lowest BCUT2D eigenvalue weighted by Gasteiger charge is -2.24. The molecule has 0 aliphatic rings. The summed E-state index contributed by atoms with van der Waals surface area (Å²) in [5, 5.41) is 0. The molecule has 1 rings (SSSR count). The minimum absolute atomic E-state index is 0.387. The summed E-state index contributed by atoms with van der Waals surface area (Å²) >= 11 is 0. The van der Waals surface area contributed by atoms with E-state index >= 15 is 0 Å². The molecule has 0 fully saturated rings. The number of hydrogen-bond acceptors (Lipinski definition) is 1. The summed E-state index contributed by atoms with van der Waals surface area (Å²) in [6.07, 6.45) is 4.86. The second-order valence-corrected chi connectivity index (χ2v) is 6.97. The van der Waals surface area contributed by atoms with E-state index in [4.69, 9.17) is 0 Å². The minimum atomic E-state index is -4.10. The monoisotopic (exact) mass is 284 g/mol. The van der Waals surface area contributed by atoms with Crippen molar-refractivity contribution in [3.05, 3.63) is 35.9 Å². The van der Waals surface area contributed by atoms with E-state index in [1.54, 1.807) is 0 Å². The number of hydrogen-bond donors (Lipinski definition) is 2. The van der Waals surface area contributed by atoms with Crippen LogP contribution < -0.4 is 0 Å². The van der Waals surface area contributed by atoms with Gasteiger partial charge >= 0.3 is 7.60 Å². The maximum atomic E-state index is 11.8. The zero-order valence-electron chi connectivity index (χ0n) is 11.8. The summed E-state index contributed by atoms with van der Waals surface area (Å²) in [6.45, 7) is 4.24. The first-order valence-corrected chi connectivity index (χ1v) is 8.77. The molecular weight excluding hydrogens is 259 g/mol. The van der Waals surface area contributed by atoms with Crippen LogP contribution in [0.2, 0.25) is 0 Å². The standard InChI is InChI=1S/C15H25O3P/c1-3-5-9-13(4-2)12-15(19(16,17)18)14-10-7-6-8-11-14/h6-8,10-11,13,15H,3-5,9,12H2,1-2H3,(H2,16,17,18). The Kier molecular flexibility index (Phi) is 6.78. The van der Waals surface area contributed by atoms with Crippen molar-refractivity contribution in [1.29, 1.82) is 0 Å². The lowest BCUT2D eigenvalue weighted by Crippen LogP contribution is -2.08. The molecule has 2 N–H and O–H groups in total. The van der Waals surface area contributed by atoms with Crippen molar-refractivity contribution < 1.29 is 14.4 Å². The average molecular weight is 284 g/mol. The molecule has 0 saturated carbocycles. The fraction of sp³-hybridized carbons (Fsp3) is 0.600. The quantitative estimate of drug-likeness (QED) is 0.690. The highest BCUT2D eigenvalue weighted by Gasteiger charge is 2.32. The van der Waals surface area contributed by atoms with Crippen LogP contribution in [0.3, 0.4) is 0 Å². The number of benzene rings is 1. The van der Waals surface area contributed by atoms with Crippen molar-refractivity contribution in [2.45, 2.75) is 51.6 Å². The Morgan fingerprint density at radius 1 is 1.16 bits per heavy atom. The summed E-state index contributed by atoms with van der Waals surface area (Å²) < 4.78 is 11.8. The molecule has 0 aliphatic carbocycles. The highest BCUT2D eigenvalue weighted by Crippen LogP contribution is 2.55. The Labute approximate surface area is 116 Å². The second kappa shape index (κ2) is 7.84. The van der Waals surface area contributed by atoms with Crippen molar-refractivity contribution in [2.75, 3.05) is 0 Å². The summed E-state index contributed by atoms with van der Waals surface area (Å²) in [6, 6.07) is 9.18. The molecule has 2 unspecified atom stereocenters. The minimum Gasteiger partial charge on any atom is -0.324 e. The molecule has 1 aromatic rings. The predicted molar refractivity (Wildman–Crippen MR) is 79.2 cm³/mol. The lowest BCUT2D eigenvalue weighted by molar-refractivity contribution is 0.334. The van der Waals surface area contributed by atoms with Gasteiger partial charge in [-0.1, -0.05) is 69.9 Å². The second-order valence-electron chi connectivity index (χ2n) is 5.17. The molecule has 3 nitrogen and oxygen atoms in total. The van der Waals surface area contributed by atoms with E-state index in [-0.39, 0.29) is 0 Å². The molecule has 0 amide bonds. The molecule has 0 saturated heterocycles. The Hall–Kier alpha value is -0.630. The van der Waals surface area contributed by atoms with Crippen LogP contribution in [0.15, 0.2) is 30.3 Å². The van der Waals surface area contributed by atoms with Gasteiger partial charge in [0, 0.05) is 0 Å². The number of unbranched alkanes of at least 4 members (excludes halogenated alkanes) is 1. The molecule has 0 heterocycles. The third-order valence-corrected chi connectivity index (χ3v) is 5.01. The third kappa shape index (κ3) is 5.48. The third-order valence-electron chi connectivity index (χ3n) is 3.69. The van der Waals surface area contributed by atoms with E-state index in [1.165, 1.54) is 0 Å². The Balaban J connectivity index is 2.84. The first-order valence-electron chi connectivity index (χ1n) is 7.09. The molecule has 0 spiro atoms. The van der Waals surface area contributed by atoms with E-state index in [2.05, 4.69) is 13.8 Å². The number of rotatable bonds is 8. The molecule has 1 aromatic carbocycles. The van der Waals surface area contributed by atoms with E-state index in [0.717, 1.165) is 31.2 Å². The van der Waals surface area contributed by atoms with Gasteiger partial charge in [-0.2, -0.15) is 0 Å². The molecule has 0 aliphatic heterocycles. The van der Waals surface area contributed by atoms with Gasteiger partial charge in [-0.25, -0.2) is 0 Å². The van der Waals surface area contributed by atoms with Crippen LogP contribution in [0.4, 0.5) is 0 Å². The van der Waals surface area contributed by atoms with Gasteiger partial charge in [0.05, 0.1) is 5.66 Å². The largest absolute Gasteiger partial charge is 0.332 e. The zero-order chi connectivity index (χ0) is 14.3. The Bertz CT molecular complexity index is 399. The van der Waals surface area contributed by atoms with Crippen molar-refractivity contribution in [3.63, 3.8) is 0 Å². The maximum absolute atomic E-state index is 11.8. The van der Waals surface area contributed by atoms with Crippen LogP contribution in [0.5, 0.6) is 0 Å². The van der Waals surface area contributed by atoms with E-state index in [9.17, 15) is 14.4 Å². The summed E-state index contributed by atoms with van der Waals surface area (Å²) in [4.78, 5) is 19.2. The molecule has 0 bridgehead atoms. The summed E-state index contributed by atoms with van der Waals surface area (Å²) in [5.74, 6) is 0.387. The average Bonchev–Trinajstić information content (AvgIpc) is 2.38. The molecule has 19 heavy (non-hydrogen) atoms. The van der Waals surface area contributed by atoms with Crippen molar-refractivity contribution >= 4 is 7.60 Å². The molecule has 4 heteroatoms. The van der Waals surface area contributed by atoms with E-state index in [0.29, 0.717) is 12.3 Å². The summed E-state index contributed by atoms with van der Waals surface area (Å²) in [7, 11) is -4.10. The first kappa shape index (κ1) is 16.4. The van der Waals surface area contributed by atoms with Crippen LogP contribution in [0, 0.1) is 5.92 Å². The fourth-order valence-electron chi connectivity index (χ4n) is 2.44. The smallest absolute Gasteiger partial charge is 0.324 e. The van der Waals surface area contributed by atoms with Gasteiger partial charge in [0.2, 0.25) is 0 Å². The SMILES string of the molecule is CCCCC(CC)CC(c1ccccc1)P(=O)(O)O. The summed E-state index contributed by atoms with van der Waals surface area (Å²) in [5.41, 5.74) is 0.0984. The van der Waals surface area contributed by atoms with Crippen molar-refractivity contribution in [3.8, 4) is 0 Å². The fourth-order valence-corrected chi connectivity index (χ4v) is 3.57. The van der Waals surface area contributed by atoms with Gasteiger partial charge < -0.3 is 9.79 Å². The van der Waals surface area contributed by atoms with Crippen LogP contribution in [-0.4, -0.2) is 9.79 Å². The first-order chi connectivity index (χ1) is 8.99. The van der Waals surface area contributed by atoms with Gasteiger partial charge in [0.15, 0.2) is 0 Å². The van der Waals surface area contributed by atoms with Gasteiger partial charge in [-0.3, -0.25) is 4.57 Å². The van der Waals surface area contributed by atoms with Crippen LogP contribution in [0.25, 0.3) is 0 Å². The van der Waals surface area contributed by atoms with Gasteiger partial charge in [-0.05, 0) is 17.9 Å². The maximum Gasteiger partial charge on any atom is 0.332 e. The Morgan fingerprint density at radius 2 is 1.79 bits per heavy atom. The van der Waals surface area contributed by atoms with E-state index in [1.807, 2.05) is 30.3 Å². The molecule has 0 aromatic heterocycles. The molecule has 2 atom stereocenters. The van der Waals surface area contributed by atoms with Gasteiger partial charge in [-0.15, -0.1) is 0 Å². The topological polar surface area (TPSA) is 57.5 Å². The van der Waals surface area contributed by atoms with E-state index < -0.39 is 13.3 Å². The Morgan fingerprint density at radius 3 is 2.26 bits per heavy atom. The molecule has 0 radical (unpaired) electrons. The van der Waals surface area contributed by atoms with Crippen LogP contribution in [-0.2, 0) is 4.57 Å². The van der Waals surface area contributed by atoms with Crippen molar-refractivity contribution in [2.24, 2.45) is 5.92 Å². The predicted octanol–water partition coefficient (Wildman–Crippen LogP) is 4.51. The van der Waals surface area contributed by atoms with Crippen LogP contribution in [0.1, 0.15) is 57.2 Å². The lowest BCUT2D eigenvalue weighted by atomic mass is 9.92. The highest BCUT2D eigenvalue weighted by molar-refractivity contribution is 7.52. The molecule has 108 valence electrons. The van der Waals surface area contributed by atoms with Crippen LogP contribution >= 0.6 is 7.60 Å². The highest BCUT2D eigenvalue weighted by atomic mass is 31.2.